The normalized spacial score (nSPS) is 18.5. The van der Waals surface area contributed by atoms with Gasteiger partial charge in [-0.1, -0.05) is 6.07 Å². The lowest BCUT2D eigenvalue weighted by molar-refractivity contribution is 0.0901. The number of ether oxygens (including phenoxy) is 3. The van der Waals surface area contributed by atoms with E-state index in [1.807, 2.05) is 25.2 Å². The lowest BCUT2D eigenvalue weighted by atomic mass is 10.1. The van der Waals surface area contributed by atoms with Crippen LogP contribution in [0.3, 0.4) is 0 Å². The van der Waals surface area contributed by atoms with Crippen molar-refractivity contribution in [3.63, 3.8) is 0 Å². The Morgan fingerprint density at radius 3 is 3.00 bits per heavy atom. The monoisotopic (exact) mass is 265 g/mol. The smallest absolute Gasteiger partial charge is 0.127 e. The molecule has 0 aliphatic carbocycles. The molecule has 1 heterocycles. The highest BCUT2D eigenvalue weighted by Gasteiger charge is 2.15. The summed E-state index contributed by atoms with van der Waals surface area (Å²) in [6.07, 6.45) is 3.66. The topological polar surface area (TPSA) is 39.7 Å². The van der Waals surface area contributed by atoms with Gasteiger partial charge in [-0.3, -0.25) is 0 Å². The Morgan fingerprint density at radius 1 is 1.42 bits per heavy atom. The molecular formula is C15H23NO3. The molecule has 0 aromatic heterocycles. The molecule has 2 rings (SSSR count). The molecule has 1 aromatic carbocycles. The van der Waals surface area contributed by atoms with E-state index < -0.39 is 0 Å². The maximum Gasteiger partial charge on any atom is 0.127 e. The quantitative estimate of drug-likeness (QED) is 0.821. The molecule has 1 aromatic rings. The molecule has 1 atom stereocenters. The van der Waals surface area contributed by atoms with Crippen molar-refractivity contribution in [1.82, 2.24) is 5.32 Å². The number of rotatable bonds is 7. The van der Waals surface area contributed by atoms with Crippen LogP contribution in [-0.4, -0.2) is 33.5 Å². The molecule has 0 spiro atoms. The Hall–Kier alpha value is -1.26. The van der Waals surface area contributed by atoms with Gasteiger partial charge < -0.3 is 19.5 Å². The Balaban J connectivity index is 1.91. The first kappa shape index (κ1) is 14.2. The standard InChI is InChI=1S/C15H23NO3/c1-16-11-12-5-6-14(17-2)10-15(12)19-9-7-13-4-3-8-18-13/h5-6,10,13,16H,3-4,7-9,11H2,1-2H3. The van der Waals surface area contributed by atoms with Crippen molar-refractivity contribution in [1.29, 1.82) is 0 Å². The molecule has 1 saturated heterocycles. The van der Waals surface area contributed by atoms with Crippen LogP contribution in [-0.2, 0) is 11.3 Å². The predicted molar refractivity (Wildman–Crippen MR) is 74.8 cm³/mol. The third-order valence-corrected chi connectivity index (χ3v) is 3.36. The summed E-state index contributed by atoms with van der Waals surface area (Å²) in [5, 5.41) is 3.15. The third-order valence-electron chi connectivity index (χ3n) is 3.36. The molecule has 0 radical (unpaired) electrons. The molecule has 1 fully saturated rings. The highest BCUT2D eigenvalue weighted by Crippen LogP contribution is 2.25. The minimum atomic E-state index is 0.373. The van der Waals surface area contributed by atoms with Gasteiger partial charge in [-0.15, -0.1) is 0 Å². The van der Waals surface area contributed by atoms with Gasteiger partial charge in [0.25, 0.3) is 0 Å². The second kappa shape index (κ2) is 7.36. The van der Waals surface area contributed by atoms with E-state index in [0.717, 1.165) is 43.1 Å². The summed E-state index contributed by atoms with van der Waals surface area (Å²) in [6, 6.07) is 5.94. The van der Waals surface area contributed by atoms with Gasteiger partial charge in [0.05, 0.1) is 19.8 Å². The summed E-state index contributed by atoms with van der Waals surface area (Å²) in [5.41, 5.74) is 1.15. The van der Waals surface area contributed by atoms with Gasteiger partial charge in [0.1, 0.15) is 11.5 Å². The molecule has 1 aliphatic heterocycles. The largest absolute Gasteiger partial charge is 0.497 e. The molecule has 1 aliphatic rings. The van der Waals surface area contributed by atoms with E-state index in [4.69, 9.17) is 14.2 Å². The Bertz CT molecular complexity index is 389. The summed E-state index contributed by atoms with van der Waals surface area (Å²) in [4.78, 5) is 0. The average Bonchev–Trinajstić information content (AvgIpc) is 2.94. The summed E-state index contributed by atoms with van der Waals surface area (Å²) >= 11 is 0. The number of hydrogen-bond acceptors (Lipinski definition) is 4. The molecule has 1 unspecified atom stereocenters. The van der Waals surface area contributed by atoms with Crippen LogP contribution in [0.25, 0.3) is 0 Å². The van der Waals surface area contributed by atoms with Gasteiger partial charge in [-0.05, 0) is 26.0 Å². The fourth-order valence-electron chi connectivity index (χ4n) is 2.31. The molecule has 0 amide bonds. The summed E-state index contributed by atoms with van der Waals surface area (Å²) in [6.45, 7) is 2.38. The van der Waals surface area contributed by atoms with Crippen LogP contribution in [0.4, 0.5) is 0 Å². The Kier molecular flexibility index (Phi) is 5.48. The second-order valence-corrected chi connectivity index (χ2v) is 4.78. The van der Waals surface area contributed by atoms with E-state index in [0.29, 0.717) is 12.7 Å². The highest BCUT2D eigenvalue weighted by molar-refractivity contribution is 5.40. The number of benzene rings is 1. The van der Waals surface area contributed by atoms with E-state index in [1.165, 1.54) is 6.42 Å². The summed E-state index contributed by atoms with van der Waals surface area (Å²) in [7, 11) is 3.60. The van der Waals surface area contributed by atoms with E-state index in [-0.39, 0.29) is 0 Å². The van der Waals surface area contributed by atoms with Gasteiger partial charge in [-0.25, -0.2) is 0 Å². The van der Waals surface area contributed by atoms with E-state index in [1.54, 1.807) is 7.11 Å². The molecular weight excluding hydrogens is 242 g/mol. The van der Waals surface area contributed by atoms with Crippen molar-refractivity contribution in [2.45, 2.75) is 31.9 Å². The third kappa shape index (κ3) is 4.11. The minimum absolute atomic E-state index is 0.373. The predicted octanol–water partition coefficient (Wildman–Crippen LogP) is 2.36. The average molecular weight is 265 g/mol. The molecule has 1 N–H and O–H groups in total. The van der Waals surface area contributed by atoms with Crippen molar-refractivity contribution in [2.75, 3.05) is 27.4 Å². The fraction of sp³-hybridized carbons (Fsp3) is 0.600. The minimum Gasteiger partial charge on any atom is -0.497 e. The maximum atomic E-state index is 5.89. The van der Waals surface area contributed by atoms with E-state index >= 15 is 0 Å². The Labute approximate surface area is 115 Å². The van der Waals surface area contributed by atoms with Crippen molar-refractivity contribution >= 4 is 0 Å². The summed E-state index contributed by atoms with van der Waals surface area (Å²) < 4.78 is 16.7. The van der Waals surface area contributed by atoms with Crippen LogP contribution in [0, 0.1) is 0 Å². The van der Waals surface area contributed by atoms with Crippen LogP contribution in [0.5, 0.6) is 11.5 Å². The first-order chi connectivity index (χ1) is 9.33. The first-order valence-corrected chi connectivity index (χ1v) is 6.89. The second-order valence-electron chi connectivity index (χ2n) is 4.78. The van der Waals surface area contributed by atoms with Crippen LogP contribution >= 0.6 is 0 Å². The van der Waals surface area contributed by atoms with Crippen molar-refractivity contribution in [3.05, 3.63) is 23.8 Å². The van der Waals surface area contributed by atoms with Gasteiger partial charge in [-0.2, -0.15) is 0 Å². The SMILES string of the molecule is CNCc1ccc(OC)cc1OCCC1CCCO1. The molecule has 0 bridgehead atoms. The van der Waals surface area contributed by atoms with Crippen molar-refractivity contribution in [2.24, 2.45) is 0 Å². The number of methoxy groups -OCH3 is 1. The van der Waals surface area contributed by atoms with Crippen LogP contribution < -0.4 is 14.8 Å². The van der Waals surface area contributed by atoms with Crippen LogP contribution in [0.1, 0.15) is 24.8 Å². The molecule has 4 heteroatoms. The van der Waals surface area contributed by atoms with E-state index in [9.17, 15) is 0 Å². The zero-order valence-electron chi connectivity index (χ0n) is 11.8. The maximum absolute atomic E-state index is 5.89. The zero-order valence-corrected chi connectivity index (χ0v) is 11.8. The van der Waals surface area contributed by atoms with Gasteiger partial charge in [0.15, 0.2) is 0 Å². The Morgan fingerprint density at radius 2 is 2.32 bits per heavy atom. The molecule has 19 heavy (non-hydrogen) atoms. The van der Waals surface area contributed by atoms with Crippen molar-refractivity contribution in [3.8, 4) is 11.5 Å². The highest BCUT2D eigenvalue weighted by atomic mass is 16.5. The molecule has 4 nitrogen and oxygen atoms in total. The summed E-state index contributed by atoms with van der Waals surface area (Å²) in [5.74, 6) is 1.72. The van der Waals surface area contributed by atoms with Crippen LogP contribution in [0.2, 0.25) is 0 Å². The lowest BCUT2D eigenvalue weighted by Crippen LogP contribution is -2.12. The van der Waals surface area contributed by atoms with E-state index in [2.05, 4.69) is 5.32 Å². The molecule has 106 valence electrons. The van der Waals surface area contributed by atoms with Crippen molar-refractivity contribution < 1.29 is 14.2 Å². The van der Waals surface area contributed by atoms with Gasteiger partial charge >= 0.3 is 0 Å². The fourth-order valence-corrected chi connectivity index (χ4v) is 2.31. The molecule has 0 saturated carbocycles. The number of hydrogen-bond donors (Lipinski definition) is 1. The van der Waals surface area contributed by atoms with Gasteiger partial charge in [0.2, 0.25) is 0 Å². The lowest BCUT2D eigenvalue weighted by Gasteiger charge is -2.14. The van der Waals surface area contributed by atoms with Gasteiger partial charge in [0, 0.05) is 31.2 Å². The number of nitrogens with one attached hydrogen (secondary N) is 1. The first-order valence-electron chi connectivity index (χ1n) is 6.89. The zero-order chi connectivity index (χ0) is 13.5. The van der Waals surface area contributed by atoms with Crippen LogP contribution in [0.15, 0.2) is 18.2 Å².